The number of hydrogen-bond donors (Lipinski definition) is 1. The van der Waals surface area contributed by atoms with Gasteiger partial charge in [0.25, 0.3) is 0 Å². The number of thioether (sulfide) groups is 1. The van der Waals surface area contributed by atoms with Crippen molar-refractivity contribution in [1.82, 2.24) is 20.1 Å². The molecule has 2 aliphatic heterocycles. The fourth-order valence-corrected chi connectivity index (χ4v) is 4.05. The molecule has 2 aliphatic rings. The molecule has 1 aromatic heterocycles. The number of rotatable bonds is 6. The zero-order valence-corrected chi connectivity index (χ0v) is 14.5. The summed E-state index contributed by atoms with van der Waals surface area (Å²) in [6, 6.07) is 0. The molecule has 0 radical (unpaired) electrons. The maximum Gasteiger partial charge on any atom is 0.191 e. The quantitative estimate of drug-likeness (QED) is 0.635. The summed E-state index contributed by atoms with van der Waals surface area (Å²) >= 11 is 1.77. The summed E-state index contributed by atoms with van der Waals surface area (Å²) in [5, 5.41) is 13.3. The van der Waals surface area contributed by atoms with Crippen molar-refractivity contribution >= 4 is 24.2 Å². The van der Waals surface area contributed by atoms with Gasteiger partial charge in [-0.25, -0.2) is 0 Å². The lowest BCUT2D eigenvalue weighted by Crippen LogP contribution is -2.28. The van der Waals surface area contributed by atoms with Crippen LogP contribution in [0.5, 0.6) is 0 Å². The molecule has 1 atom stereocenters. The molecule has 0 spiro atoms. The highest BCUT2D eigenvalue weighted by atomic mass is 35.5. The van der Waals surface area contributed by atoms with Gasteiger partial charge in [0.15, 0.2) is 5.16 Å². The largest absolute Gasteiger partial charge is 0.377 e. The molecule has 3 heterocycles. The molecule has 2 fully saturated rings. The predicted octanol–water partition coefficient (Wildman–Crippen LogP) is 2.62. The van der Waals surface area contributed by atoms with Gasteiger partial charge in [-0.05, 0) is 38.8 Å². The van der Waals surface area contributed by atoms with Gasteiger partial charge < -0.3 is 14.6 Å². The average Bonchev–Trinajstić information content (AvgIpc) is 3.16. The summed E-state index contributed by atoms with van der Waals surface area (Å²) in [5.41, 5.74) is 0. The first-order valence-electron chi connectivity index (χ1n) is 7.87. The summed E-state index contributed by atoms with van der Waals surface area (Å²) in [5.74, 6) is 2.63. The van der Waals surface area contributed by atoms with Crippen LogP contribution in [0.4, 0.5) is 0 Å². The molecular weight excluding hydrogens is 320 g/mol. The summed E-state index contributed by atoms with van der Waals surface area (Å²) in [7, 11) is 0. The molecule has 1 N–H and O–H groups in total. The van der Waals surface area contributed by atoms with E-state index in [-0.39, 0.29) is 12.4 Å². The molecule has 0 bridgehead atoms. The minimum absolute atomic E-state index is 0. The Balaban J connectivity index is 0.00000176. The van der Waals surface area contributed by atoms with Crippen LogP contribution in [0.15, 0.2) is 17.8 Å². The third-order valence-electron chi connectivity index (χ3n) is 4.18. The van der Waals surface area contributed by atoms with E-state index in [0.29, 0.717) is 12.0 Å². The standard InChI is InChI=1S/C15H24N4OS.ClH/c1-2-9-19-14(12-5-7-16-8-6-12)17-18-15(19)21-11-13-4-3-10-20-13;/h2,12-13,16H,1,3-11H2;1H. The number of aromatic nitrogens is 3. The van der Waals surface area contributed by atoms with Crippen molar-refractivity contribution in [3.8, 4) is 0 Å². The van der Waals surface area contributed by atoms with Gasteiger partial charge in [0, 0.05) is 24.8 Å². The zero-order valence-electron chi connectivity index (χ0n) is 12.9. The Morgan fingerprint density at radius 1 is 1.32 bits per heavy atom. The first kappa shape index (κ1) is 17.8. The molecular formula is C15H25ClN4OS. The summed E-state index contributed by atoms with van der Waals surface area (Å²) in [6.07, 6.45) is 6.96. The van der Waals surface area contributed by atoms with E-state index >= 15 is 0 Å². The van der Waals surface area contributed by atoms with Crippen LogP contribution < -0.4 is 5.32 Å². The molecule has 7 heteroatoms. The summed E-state index contributed by atoms with van der Waals surface area (Å²) < 4.78 is 7.93. The maximum atomic E-state index is 5.69. The third-order valence-corrected chi connectivity index (χ3v) is 5.28. The number of ether oxygens (including phenoxy) is 1. The first-order chi connectivity index (χ1) is 10.4. The van der Waals surface area contributed by atoms with Crippen LogP contribution in [-0.2, 0) is 11.3 Å². The third kappa shape index (κ3) is 4.25. The number of allylic oxidation sites excluding steroid dienone is 1. The molecule has 3 rings (SSSR count). The minimum Gasteiger partial charge on any atom is -0.377 e. The number of halogens is 1. The van der Waals surface area contributed by atoms with E-state index in [4.69, 9.17) is 4.74 Å². The molecule has 2 saturated heterocycles. The Morgan fingerprint density at radius 2 is 2.14 bits per heavy atom. The van der Waals surface area contributed by atoms with Crippen LogP contribution in [0.25, 0.3) is 0 Å². The second-order valence-corrected chi connectivity index (χ2v) is 6.70. The summed E-state index contributed by atoms with van der Waals surface area (Å²) in [4.78, 5) is 0. The molecule has 0 saturated carbocycles. The van der Waals surface area contributed by atoms with Gasteiger partial charge in [-0.2, -0.15) is 0 Å². The fraction of sp³-hybridized carbons (Fsp3) is 0.733. The second kappa shape index (κ2) is 8.91. The second-order valence-electron chi connectivity index (χ2n) is 5.71. The lowest BCUT2D eigenvalue weighted by atomic mass is 9.97. The fourth-order valence-electron chi connectivity index (χ4n) is 3.03. The van der Waals surface area contributed by atoms with E-state index in [1.54, 1.807) is 11.8 Å². The maximum absolute atomic E-state index is 5.69. The summed E-state index contributed by atoms with van der Waals surface area (Å²) in [6.45, 7) is 7.72. The number of nitrogens with one attached hydrogen (secondary N) is 1. The SMILES string of the molecule is C=CCn1c(SCC2CCCO2)nnc1C1CCNCC1.Cl. The topological polar surface area (TPSA) is 52.0 Å². The van der Waals surface area contributed by atoms with Crippen LogP contribution >= 0.6 is 24.2 Å². The highest BCUT2D eigenvalue weighted by Crippen LogP contribution is 2.28. The van der Waals surface area contributed by atoms with Crippen molar-refractivity contribution in [3.63, 3.8) is 0 Å². The van der Waals surface area contributed by atoms with E-state index in [0.717, 1.165) is 55.8 Å². The van der Waals surface area contributed by atoms with Crippen molar-refractivity contribution < 1.29 is 4.74 Å². The van der Waals surface area contributed by atoms with Gasteiger partial charge >= 0.3 is 0 Å². The highest BCUT2D eigenvalue weighted by Gasteiger charge is 2.24. The van der Waals surface area contributed by atoms with Crippen molar-refractivity contribution in [2.24, 2.45) is 0 Å². The van der Waals surface area contributed by atoms with E-state index < -0.39 is 0 Å². The van der Waals surface area contributed by atoms with E-state index in [1.165, 1.54) is 12.8 Å². The average molecular weight is 345 g/mol. The van der Waals surface area contributed by atoms with Crippen molar-refractivity contribution in [2.75, 3.05) is 25.4 Å². The van der Waals surface area contributed by atoms with Crippen molar-refractivity contribution in [3.05, 3.63) is 18.5 Å². The molecule has 0 amide bonds. The van der Waals surface area contributed by atoms with Gasteiger partial charge in [0.05, 0.1) is 6.10 Å². The molecule has 124 valence electrons. The highest BCUT2D eigenvalue weighted by molar-refractivity contribution is 7.99. The smallest absolute Gasteiger partial charge is 0.191 e. The molecule has 1 unspecified atom stereocenters. The molecule has 5 nitrogen and oxygen atoms in total. The number of piperidine rings is 1. The van der Waals surface area contributed by atoms with Crippen molar-refractivity contribution in [1.29, 1.82) is 0 Å². The van der Waals surface area contributed by atoms with Crippen LogP contribution in [-0.4, -0.2) is 46.3 Å². The van der Waals surface area contributed by atoms with Crippen LogP contribution in [0.2, 0.25) is 0 Å². The molecule has 1 aromatic rings. The van der Waals surface area contributed by atoms with E-state index in [2.05, 4.69) is 26.7 Å². The van der Waals surface area contributed by atoms with Gasteiger partial charge in [0.2, 0.25) is 0 Å². The van der Waals surface area contributed by atoms with E-state index in [9.17, 15) is 0 Å². The monoisotopic (exact) mass is 344 g/mol. The normalized spacial score (nSPS) is 22.5. The van der Waals surface area contributed by atoms with Gasteiger partial charge in [-0.3, -0.25) is 0 Å². The molecule has 0 aliphatic carbocycles. The predicted molar refractivity (Wildman–Crippen MR) is 92.0 cm³/mol. The van der Waals surface area contributed by atoms with Crippen molar-refractivity contribution in [2.45, 2.75) is 49.4 Å². The van der Waals surface area contributed by atoms with Gasteiger partial charge in [0.1, 0.15) is 5.82 Å². The lowest BCUT2D eigenvalue weighted by Gasteiger charge is -2.22. The molecule has 22 heavy (non-hydrogen) atoms. The van der Waals surface area contributed by atoms with Crippen LogP contribution in [0, 0.1) is 0 Å². The Kier molecular flexibility index (Phi) is 7.21. The van der Waals surface area contributed by atoms with Crippen LogP contribution in [0.3, 0.4) is 0 Å². The lowest BCUT2D eigenvalue weighted by molar-refractivity contribution is 0.129. The van der Waals surface area contributed by atoms with Gasteiger partial charge in [-0.1, -0.05) is 17.8 Å². The molecule has 0 aromatic carbocycles. The zero-order chi connectivity index (χ0) is 14.5. The van der Waals surface area contributed by atoms with Crippen LogP contribution in [0.1, 0.15) is 37.4 Å². The van der Waals surface area contributed by atoms with E-state index in [1.807, 2.05) is 6.08 Å². The minimum atomic E-state index is 0. The number of nitrogens with zero attached hydrogens (tertiary/aromatic N) is 3. The Bertz CT molecular complexity index is 470. The Hall–Kier alpha value is -0.560. The van der Waals surface area contributed by atoms with Gasteiger partial charge in [-0.15, -0.1) is 29.2 Å². The Labute approximate surface area is 142 Å². The Morgan fingerprint density at radius 3 is 2.82 bits per heavy atom. The number of hydrogen-bond acceptors (Lipinski definition) is 5. The first-order valence-corrected chi connectivity index (χ1v) is 8.86.